The van der Waals surface area contributed by atoms with Crippen LogP contribution in [0.25, 0.3) is 0 Å². The molecule has 0 unspecified atom stereocenters. The molecule has 0 atom stereocenters. The second kappa shape index (κ2) is 1.80. The molecule has 0 N–H and O–H groups in total. The Balaban J connectivity index is 3.17. The minimum absolute atomic E-state index is 0.214. The topological polar surface area (TPSA) is 19.9 Å². The van der Waals surface area contributed by atoms with Crippen molar-refractivity contribution in [2.75, 3.05) is 6.61 Å². The summed E-state index contributed by atoms with van der Waals surface area (Å²) in [7, 11) is 0. The molecule has 0 saturated carbocycles. The van der Waals surface area contributed by atoms with Gasteiger partial charge in [-0.3, -0.25) is 0 Å². The Bertz CT molecular complexity index is 37.3. The van der Waals surface area contributed by atoms with Crippen LogP contribution in [0.2, 0.25) is 0 Å². The van der Waals surface area contributed by atoms with E-state index in [-0.39, 0.29) is 6.61 Å². The molecule has 0 aromatic heterocycles. The minimum Gasteiger partial charge on any atom is -0.235 e. The largest absolute Gasteiger partial charge is 0.235 e. The molecule has 0 aliphatic rings. The number of hydrogen-bond donors (Lipinski definition) is 0. The van der Waals surface area contributed by atoms with Gasteiger partial charge in [0, 0.05) is 0 Å². The lowest BCUT2D eigenvalue weighted by Gasteiger charge is -2.06. The summed E-state index contributed by atoms with van der Waals surface area (Å²) in [6, 6.07) is 0. The second-order valence-electron chi connectivity index (χ2n) is 1.86. The molecule has 0 aromatic rings. The lowest BCUT2D eigenvalue weighted by Crippen LogP contribution is -2.13. The van der Waals surface area contributed by atoms with Crippen molar-refractivity contribution in [1.82, 2.24) is 0 Å². The Hall–Kier alpha value is 0.250. The lowest BCUT2D eigenvalue weighted by atomic mass is 10.2. The quantitative estimate of drug-likeness (QED) is 0.452. The van der Waals surface area contributed by atoms with Crippen LogP contribution in [0, 0.1) is 0 Å². The van der Waals surface area contributed by atoms with Gasteiger partial charge in [0.1, 0.15) is 6.61 Å². The van der Waals surface area contributed by atoms with E-state index in [4.69, 9.17) is 11.6 Å². The number of hydrogen-bond acceptors (Lipinski definition) is 0. The summed E-state index contributed by atoms with van der Waals surface area (Å²) in [4.78, 5) is -0.542. The van der Waals surface area contributed by atoms with Gasteiger partial charge in [-0.2, -0.15) is 0 Å². The fourth-order valence-corrected chi connectivity index (χ4v) is 0. The molecule has 6 heavy (non-hydrogen) atoms. The minimum atomic E-state index is -0.542. The van der Waals surface area contributed by atoms with Crippen molar-refractivity contribution in [3.63, 3.8) is 0 Å². The van der Waals surface area contributed by atoms with Crippen molar-refractivity contribution in [3.05, 3.63) is 0 Å². The molecule has 0 saturated heterocycles. The first-order chi connectivity index (χ1) is 2.56. The highest BCUT2D eigenvalue weighted by molar-refractivity contribution is 6.23. The molecule has 2 heteroatoms. The van der Waals surface area contributed by atoms with Crippen LogP contribution < -0.4 is 0 Å². The van der Waals surface area contributed by atoms with E-state index in [9.17, 15) is 5.11 Å². The van der Waals surface area contributed by atoms with Crippen LogP contribution in [0.15, 0.2) is 0 Å². The maximum absolute atomic E-state index is 9.82. The first-order valence-corrected chi connectivity index (χ1v) is 2.21. The Morgan fingerprint density at radius 3 is 1.83 bits per heavy atom. The van der Waals surface area contributed by atoms with Gasteiger partial charge >= 0.3 is 0 Å². The molecule has 0 aliphatic carbocycles. The summed E-state index contributed by atoms with van der Waals surface area (Å²) in [5.74, 6) is 0. The molecule has 1 radical (unpaired) electrons. The Labute approximate surface area is 42.9 Å². The number of halogens is 1. The Morgan fingerprint density at radius 1 is 1.67 bits per heavy atom. The number of alkyl halides is 1. The van der Waals surface area contributed by atoms with E-state index in [1.54, 1.807) is 13.8 Å². The van der Waals surface area contributed by atoms with Crippen LogP contribution in [0.4, 0.5) is 0 Å². The third-order valence-corrected chi connectivity index (χ3v) is 0.452. The van der Waals surface area contributed by atoms with Gasteiger partial charge in [0.25, 0.3) is 0 Å². The summed E-state index contributed by atoms with van der Waals surface area (Å²) >= 11 is 5.41. The standard InChI is InChI=1S/C4H8ClO/c1-4(2,5)3-6/h3H2,1-2H3. The van der Waals surface area contributed by atoms with Gasteiger partial charge in [-0.05, 0) is 13.8 Å². The average molecular weight is 108 g/mol. The fraction of sp³-hybridized carbons (Fsp3) is 1.00. The maximum atomic E-state index is 9.82. The molecule has 0 heterocycles. The van der Waals surface area contributed by atoms with Gasteiger partial charge in [0.15, 0.2) is 0 Å². The molecule has 0 fully saturated rings. The van der Waals surface area contributed by atoms with E-state index in [0.29, 0.717) is 0 Å². The monoisotopic (exact) mass is 107 g/mol. The molecular weight excluding hydrogens is 99.5 g/mol. The van der Waals surface area contributed by atoms with Crippen LogP contribution in [-0.2, 0) is 5.11 Å². The van der Waals surface area contributed by atoms with Crippen LogP contribution >= 0.6 is 11.6 Å². The molecule has 0 rings (SSSR count). The molecule has 1 nitrogen and oxygen atoms in total. The highest BCUT2D eigenvalue weighted by Gasteiger charge is 2.10. The molecule has 0 amide bonds. The molecule has 37 valence electrons. The highest BCUT2D eigenvalue weighted by atomic mass is 35.5. The summed E-state index contributed by atoms with van der Waals surface area (Å²) in [6.07, 6.45) is 0. The fourth-order valence-electron chi connectivity index (χ4n) is 0. The van der Waals surface area contributed by atoms with Gasteiger partial charge in [-0.25, -0.2) is 5.11 Å². The maximum Gasteiger partial charge on any atom is 0.101 e. The summed E-state index contributed by atoms with van der Waals surface area (Å²) < 4.78 is 0. The van der Waals surface area contributed by atoms with E-state index in [1.165, 1.54) is 0 Å². The summed E-state index contributed by atoms with van der Waals surface area (Å²) in [6.45, 7) is 3.18. The molecule has 0 aromatic carbocycles. The third kappa shape index (κ3) is 4.25. The van der Waals surface area contributed by atoms with Gasteiger partial charge < -0.3 is 0 Å². The Kier molecular flexibility index (Phi) is 1.88. The first kappa shape index (κ1) is 6.25. The predicted octanol–water partition coefficient (Wildman–Crippen LogP) is 1.43. The number of rotatable bonds is 1. The van der Waals surface area contributed by atoms with Gasteiger partial charge in [0.2, 0.25) is 0 Å². The van der Waals surface area contributed by atoms with Crippen molar-refractivity contribution in [3.8, 4) is 0 Å². The van der Waals surface area contributed by atoms with Crippen molar-refractivity contribution in [1.29, 1.82) is 0 Å². The van der Waals surface area contributed by atoms with Crippen LogP contribution in [0.3, 0.4) is 0 Å². The van der Waals surface area contributed by atoms with Gasteiger partial charge in [-0.1, -0.05) is 0 Å². The van der Waals surface area contributed by atoms with E-state index >= 15 is 0 Å². The molecule has 0 bridgehead atoms. The van der Waals surface area contributed by atoms with Crippen LogP contribution in [0.1, 0.15) is 13.8 Å². The SMILES string of the molecule is CC(C)(Cl)C[O]. The van der Waals surface area contributed by atoms with Crippen molar-refractivity contribution >= 4 is 11.6 Å². The normalized spacial score (nSPS) is 12.0. The molecule has 0 aliphatic heterocycles. The first-order valence-electron chi connectivity index (χ1n) is 1.83. The summed E-state index contributed by atoms with van der Waals surface area (Å²) in [5, 5.41) is 9.82. The van der Waals surface area contributed by atoms with E-state index in [0.717, 1.165) is 0 Å². The Morgan fingerprint density at radius 2 is 1.83 bits per heavy atom. The van der Waals surface area contributed by atoms with Crippen LogP contribution in [-0.4, -0.2) is 11.5 Å². The molecular formula is C4H8ClO. The van der Waals surface area contributed by atoms with Crippen molar-refractivity contribution in [2.45, 2.75) is 18.7 Å². The zero-order valence-corrected chi connectivity index (χ0v) is 4.75. The predicted molar refractivity (Wildman–Crippen MR) is 25.5 cm³/mol. The van der Waals surface area contributed by atoms with E-state index < -0.39 is 4.87 Å². The van der Waals surface area contributed by atoms with Crippen molar-refractivity contribution in [2.24, 2.45) is 0 Å². The van der Waals surface area contributed by atoms with Crippen LogP contribution in [0.5, 0.6) is 0 Å². The average Bonchev–Trinajstić information content (AvgIpc) is 1.35. The zero-order valence-electron chi connectivity index (χ0n) is 3.99. The summed E-state index contributed by atoms with van der Waals surface area (Å²) in [5.41, 5.74) is 0. The van der Waals surface area contributed by atoms with E-state index in [1.807, 2.05) is 0 Å². The zero-order chi connectivity index (χ0) is 5.21. The second-order valence-corrected chi connectivity index (χ2v) is 2.89. The van der Waals surface area contributed by atoms with Gasteiger partial charge in [0.05, 0.1) is 4.87 Å². The highest BCUT2D eigenvalue weighted by Crippen LogP contribution is 2.09. The smallest absolute Gasteiger partial charge is 0.101 e. The van der Waals surface area contributed by atoms with Crippen molar-refractivity contribution < 1.29 is 5.11 Å². The molecule has 0 spiro atoms. The lowest BCUT2D eigenvalue weighted by molar-refractivity contribution is 0.169. The third-order valence-electron chi connectivity index (χ3n) is 0.343. The van der Waals surface area contributed by atoms with Gasteiger partial charge in [-0.15, -0.1) is 11.6 Å². The van der Waals surface area contributed by atoms with E-state index in [2.05, 4.69) is 0 Å².